The minimum atomic E-state index is -3.50. The van der Waals surface area contributed by atoms with E-state index in [1.165, 1.54) is 5.54 Å². The van der Waals surface area contributed by atoms with E-state index in [0.717, 1.165) is 17.7 Å². The third-order valence-corrected chi connectivity index (χ3v) is 5.41. The van der Waals surface area contributed by atoms with Crippen molar-refractivity contribution >= 4 is 33.0 Å². The summed E-state index contributed by atoms with van der Waals surface area (Å²) in [6.45, 7) is 3.55. The van der Waals surface area contributed by atoms with Crippen molar-refractivity contribution in [2.75, 3.05) is 16.4 Å². The molecule has 114 valence electrons. The molecule has 0 saturated heterocycles. The minimum absolute atomic E-state index is 0.0187. The van der Waals surface area contributed by atoms with Gasteiger partial charge in [-0.3, -0.25) is 4.79 Å². The zero-order valence-corrected chi connectivity index (χ0v) is 13.6. The lowest BCUT2D eigenvalue weighted by Gasteiger charge is -2.22. The van der Waals surface area contributed by atoms with Crippen molar-refractivity contribution in [1.82, 2.24) is 0 Å². The highest BCUT2D eigenvalue weighted by atomic mass is 35.5. The maximum absolute atomic E-state index is 12.4. The van der Waals surface area contributed by atoms with Gasteiger partial charge < -0.3 is 4.90 Å². The molecule has 0 N–H and O–H groups in total. The second-order valence-electron chi connectivity index (χ2n) is 5.43. The van der Waals surface area contributed by atoms with E-state index in [1.807, 2.05) is 31.2 Å². The van der Waals surface area contributed by atoms with Gasteiger partial charge in [-0.1, -0.05) is 29.8 Å². The van der Waals surface area contributed by atoms with Crippen LogP contribution in [0.4, 0.5) is 5.69 Å². The number of carbonyl (C=O) groups excluding carboxylic acids is 1. The molecule has 1 atom stereocenters. The zero-order chi connectivity index (χ0) is 15.6. The van der Waals surface area contributed by atoms with Crippen LogP contribution in [0.2, 0.25) is 0 Å². The van der Waals surface area contributed by atoms with Gasteiger partial charge in [0.15, 0.2) is 9.84 Å². The van der Waals surface area contributed by atoms with Gasteiger partial charge in [0.25, 0.3) is 0 Å². The van der Waals surface area contributed by atoms with Crippen LogP contribution >= 0.6 is 11.6 Å². The minimum Gasteiger partial charge on any atom is -0.308 e. The molecule has 1 amide bonds. The normalized spacial score (nSPS) is 18.7. The summed E-state index contributed by atoms with van der Waals surface area (Å²) in [6, 6.07) is 7.58. The van der Waals surface area contributed by atoms with Crippen molar-refractivity contribution in [3.63, 3.8) is 0 Å². The molecule has 0 aliphatic carbocycles. The van der Waals surface area contributed by atoms with Gasteiger partial charge in [-0.05, 0) is 37.5 Å². The summed E-state index contributed by atoms with van der Waals surface area (Å²) in [5.74, 6) is -1.06. The molecule has 4 nitrogen and oxygen atoms in total. The predicted octanol–water partition coefficient (Wildman–Crippen LogP) is 2.52. The van der Waals surface area contributed by atoms with Crippen LogP contribution in [-0.4, -0.2) is 31.9 Å². The number of benzene rings is 1. The Hall–Kier alpha value is -1.33. The van der Waals surface area contributed by atoms with Gasteiger partial charge in [-0.2, -0.15) is 0 Å². The quantitative estimate of drug-likeness (QED) is 0.854. The van der Waals surface area contributed by atoms with Gasteiger partial charge >= 0.3 is 0 Å². The molecular formula is C15H18ClNO3S. The second-order valence-corrected chi connectivity index (χ2v) is 7.72. The Morgan fingerprint density at radius 1 is 1.38 bits per heavy atom. The Kier molecular flexibility index (Phi) is 4.74. The first kappa shape index (κ1) is 16.0. The van der Waals surface area contributed by atoms with Crippen molar-refractivity contribution in [3.8, 4) is 0 Å². The molecule has 21 heavy (non-hydrogen) atoms. The van der Waals surface area contributed by atoms with Crippen LogP contribution in [-0.2, 0) is 21.1 Å². The smallest absolute Gasteiger partial charge is 0.242 e. The fraction of sp³-hybridized carbons (Fsp3) is 0.400. The van der Waals surface area contributed by atoms with E-state index < -0.39 is 15.6 Å². The molecule has 6 heteroatoms. The monoisotopic (exact) mass is 327 g/mol. The highest BCUT2D eigenvalue weighted by Crippen LogP contribution is 2.31. The Balaban J connectivity index is 2.18. The van der Waals surface area contributed by atoms with Gasteiger partial charge in [0, 0.05) is 17.3 Å². The molecule has 1 aliphatic heterocycles. The van der Waals surface area contributed by atoms with Crippen LogP contribution in [0.25, 0.3) is 0 Å². The molecule has 1 aromatic rings. The first-order chi connectivity index (χ1) is 9.84. The van der Waals surface area contributed by atoms with Crippen molar-refractivity contribution in [3.05, 3.63) is 40.9 Å². The zero-order valence-electron chi connectivity index (χ0n) is 12.0. The molecule has 0 aromatic heterocycles. The van der Waals surface area contributed by atoms with Gasteiger partial charge in [0.2, 0.25) is 5.91 Å². The van der Waals surface area contributed by atoms with Crippen LogP contribution in [0, 0.1) is 0 Å². The number of carbonyl (C=O) groups is 1. The largest absolute Gasteiger partial charge is 0.308 e. The molecule has 0 saturated carbocycles. The average molecular weight is 328 g/mol. The highest BCUT2D eigenvalue weighted by molar-refractivity contribution is 7.92. The first-order valence-electron chi connectivity index (χ1n) is 6.70. The number of sulfone groups is 1. The Labute approximate surface area is 130 Å². The highest BCUT2D eigenvalue weighted by Gasteiger charge is 2.32. The Morgan fingerprint density at radius 3 is 2.71 bits per heavy atom. The molecular weight excluding hydrogens is 310 g/mol. The van der Waals surface area contributed by atoms with Crippen LogP contribution in [0.1, 0.15) is 19.4 Å². The number of para-hydroxylation sites is 1. The second kappa shape index (κ2) is 6.20. The third-order valence-electron chi connectivity index (χ3n) is 3.45. The van der Waals surface area contributed by atoms with E-state index in [0.29, 0.717) is 5.57 Å². The fourth-order valence-electron chi connectivity index (χ4n) is 2.63. The van der Waals surface area contributed by atoms with Gasteiger partial charge in [0.1, 0.15) is 5.75 Å². The molecule has 1 heterocycles. The SMILES string of the molecule is C/C(=C\Cl)CS(=O)(=O)CC(=O)N1c2ccccc2CC1C. The molecule has 1 aromatic carbocycles. The Morgan fingerprint density at radius 2 is 2.05 bits per heavy atom. The fourth-order valence-corrected chi connectivity index (χ4v) is 4.20. The van der Waals surface area contributed by atoms with Gasteiger partial charge in [-0.25, -0.2) is 8.42 Å². The summed E-state index contributed by atoms with van der Waals surface area (Å²) in [5.41, 5.74) is 3.65. The van der Waals surface area contributed by atoms with Crippen molar-refractivity contribution in [2.45, 2.75) is 26.3 Å². The van der Waals surface area contributed by atoms with E-state index >= 15 is 0 Å². The summed E-state index contributed by atoms with van der Waals surface area (Å²) in [6.07, 6.45) is 0.753. The standard InChI is InChI=1S/C15H18ClNO3S/c1-11(8-16)9-21(19,20)10-15(18)17-12(2)7-13-5-3-4-6-14(13)17/h3-6,8,12H,7,9-10H2,1-2H3/b11-8+. The summed E-state index contributed by atoms with van der Waals surface area (Å²) in [7, 11) is -3.50. The first-order valence-corrected chi connectivity index (χ1v) is 8.96. The lowest BCUT2D eigenvalue weighted by Crippen LogP contribution is -2.40. The molecule has 1 aliphatic rings. The average Bonchev–Trinajstić information content (AvgIpc) is 2.73. The maximum Gasteiger partial charge on any atom is 0.242 e. The van der Waals surface area contributed by atoms with Crippen molar-refractivity contribution in [2.24, 2.45) is 0 Å². The number of amides is 1. The third kappa shape index (κ3) is 3.66. The van der Waals surface area contributed by atoms with Crippen LogP contribution < -0.4 is 4.90 Å². The van der Waals surface area contributed by atoms with E-state index in [9.17, 15) is 13.2 Å². The van der Waals surface area contributed by atoms with E-state index in [1.54, 1.807) is 11.8 Å². The van der Waals surface area contributed by atoms with E-state index in [4.69, 9.17) is 11.6 Å². The lowest BCUT2D eigenvalue weighted by molar-refractivity contribution is -0.116. The number of hydrogen-bond acceptors (Lipinski definition) is 3. The Bertz CT molecular complexity index is 682. The van der Waals surface area contributed by atoms with Crippen molar-refractivity contribution in [1.29, 1.82) is 0 Å². The molecule has 0 bridgehead atoms. The van der Waals surface area contributed by atoms with E-state index in [-0.39, 0.29) is 17.7 Å². The number of anilines is 1. The molecule has 2 rings (SSSR count). The van der Waals surface area contributed by atoms with Crippen LogP contribution in [0.5, 0.6) is 0 Å². The van der Waals surface area contributed by atoms with Gasteiger partial charge in [-0.15, -0.1) is 0 Å². The van der Waals surface area contributed by atoms with Crippen molar-refractivity contribution < 1.29 is 13.2 Å². The maximum atomic E-state index is 12.4. The summed E-state index contributed by atoms with van der Waals surface area (Å²) in [4.78, 5) is 14.0. The molecule has 0 fully saturated rings. The topological polar surface area (TPSA) is 54.5 Å². The van der Waals surface area contributed by atoms with Crippen LogP contribution in [0.3, 0.4) is 0 Å². The summed E-state index contributed by atoms with van der Waals surface area (Å²) in [5, 5.41) is 0. The number of halogens is 1. The van der Waals surface area contributed by atoms with Gasteiger partial charge in [0.05, 0.1) is 5.75 Å². The summed E-state index contributed by atoms with van der Waals surface area (Å²) < 4.78 is 24.1. The summed E-state index contributed by atoms with van der Waals surface area (Å²) >= 11 is 5.49. The van der Waals surface area contributed by atoms with E-state index in [2.05, 4.69) is 0 Å². The number of rotatable bonds is 4. The predicted molar refractivity (Wildman–Crippen MR) is 85.4 cm³/mol. The molecule has 0 spiro atoms. The molecule has 1 unspecified atom stereocenters. The number of hydrogen-bond donors (Lipinski definition) is 0. The number of nitrogens with zero attached hydrogens (tertiary/aromatic N) is 1. The van der Waals surface area contributed by atoms with Crippen LogP contribution in [0.15, 0.2) is 35.4 Å². The molecule has 0 radical (unpaired) electrons. The number of fused-ring (bicyclic) bond motifs is 1. The lowest BCUT2D eigenvalue weighted by atomic mass is 10.1.